The van der Waals surface area contributed by atoms with Gasteiger partial charge in [-0.1, -0.05) is 0 Å². The highest BCUT2D eigenvalue weighted by atomic mass is 32.1. The summed E-state index contributed by atoms with van der Waals surface area (Å²) >= 11 is 2.90. The number of nitrogens with zero attached hydrogens (tertiary/aromatic N) is 3. The number of amides is 1. The molecule has 3 heterocycles. The van der Waals surface area contributed by atoms with Crippen LogP contribution >= 0.6 is 22.7 Å². The fourth-order valence-corrected chi connectivity index (χ4v) is 3.27. The van der Waals surface area contributed by atoms with Crippen LogP contribution in [0.4, 0.5) is 15.8 Å². The Morgan fingerprint density at radius 1 is 1.23 bits per heavy atom. The van der Waals surface area contributed by atoms with E-state index < -0.39 is 0 Å². The maximum absolute atomic E-state index is 12.4. The first-order chi connectivity index (χ1) is 10.6. The van der Waals surface area contributed by atoms with E-state index in [-0.39, 0.29) is 5.91 Å². The molecule has 0 atom stereocenters. The van der Waals surface area contributed by atoms with Gasteiger partial charge in [-0.15, -0.1) is 22.7 Å². The first-order valence-electron chi connectivity index (χ1n) is 6.50. The quantitative estimate of drug-likeness (QED) is 0.763. The lowest BCUT2D eigenvalue weighted by molar-refractivity contribution is 0.102. The predicted molar refractivity (Wildman–Crippen MR) is 89.2 cm³/mol. The van der Waals surface area contributed by atoms with Crippen LogP contribution in [0.5, 0.6) is 0 Å². The number of aromatic nitrogens is 3. The molecule has 1 amide bonds. The van der Waals surface area contributed by atoms with Crippen LogP contribution in [0, 0.1) is 13.8 Å². The first-order valence-corrected chi connectivity index (χ1v) is 8.19. The summed E-state index contributed by atoms with van der Waals surface area (Å²) in [7, 11) is 0. The fraction of sp³-hybridized carbons (Fsp3) is 0.143. The van der Waals surface area contributed by atoms with Crippen molar-refractivity contribution >= 4 is 44.4 Å². The van der Waals surface area contributed by atoms with Crippen LogP contribution < -0.4 is 10.6 Å². The maximum atomic E-state index is 12.4. The summed E-state index contributed by atoms with van der Waals surface area (Å²) in [5, 5.41) is 10.1. The van der Waals surface area contributed by atoms with Crippen molar-refractivity contribution in [2.75, 3.05) is 10.6 Å². The van der Waals surface area contributed by atoms with Gasteiger partial charge in [-0.25, -0.2) is 9.97 Å². The maximum Gasteiger partial charge on any atom is 0.277 e. The third kappa shape index (κ3) is 3.29. The van der Waals surface area contributed by atoms with Crippen LogP contribution in [0.25, 0.3) is 0 Å². The Morgan fingerprint density at radius 3 is 2.82 bits per heavy atom. The number of hydrogen-bond donors (Lipinski definition) is 2. The Labute approximate surface area is 135 Å². The van der Waals surface area contributed by atoms with Crippen molar-refractivity contribution in [2.24, 2.45) is 0 Å². The van der Waals surface area contributed by atoms with Crippen molar-refractivity contribution in [3.63, 3.8) is 0 Å². The van der Waals surface area contributed by atoms with Gasteiger partial charge in [0.2, 0.25) is 0 Å². The highest BCUT2D eigenvalue weighted by Crippen LogP contribution is 2.29. The molecule has 0 bridgehead atoms. The summed E-state index contributed by atoms with van der Waals surface area (Å²) in [6.45, 7) is 3.74. The van der Waals surface area contributed by atoms with Gasteiger partial charge < -0.3 is 10.6 Å². The van der Waals surface area contributed by atoms with E-state index in [1.807, 2.05) is 25.3 Å². The van der Waals surface area contributed by atoms with Gasteiger partial charge in [-0.3, -0.25) is 9.78 Å². The van der Waals surface area contributed by atoms with Gasteiger partial charge in [0.1, 0.15) is 5.00 Å². The Balaban J connectivity index is 1.83. The van der Waals surface area contributed by atoms with Crippen LogP contribution in [0.15, 0.2) is 29.9 Å². The molecule has 0 saturated carbocycles. The van der Waals surface area contributed by atoms with Crippen molar-refractivity contribution < 1.29 is 4.79 Å². The van der Waals surface area contributed by atoms with E-state index in [9.17, 15) is 4.79 Å². The molecule has 2 N–H and O–H groups in total. The minimum absolute atomic E-state index is 0.256. The molecule has 0 radical (unpaired) electrons. The molecule has 3 aromatic heterocycles. The van der Waals surface area contributed by atoms with Gasteiger partial charge >= 0.3 is 0 Å². The lowest BCUT2D eigenvalue weighted by atomic mass is 10.3. The number of hydrogen-bond acceptors (Lipinski definition) is 7. The van der Waals surface area contributed by atoms with Crippen LogP contribution in [-0.2, 0) is 0 Å². The molecule has 0 fully saturated rings. The van der Waals surface area contributed by atoms with Gasteiger partial charge in [0, 0.05) is 29.2 Å². The molecule has 0 aliphatic heterocycles. The van der Waals surface area contributed by atoms with E-state index in [0.717, 1.165) is 15.8 Å². The zero-order valence-electron chi connectivity index (χ0n) is 12.0. The molecule has 0 unspecified atom stereocenters. The topological polar surface area (TPSA) is 79.8 Å². The summed E-state index contributed by atoms with van der Waals surface area (Å²) in [5.41, 5.74) is 1.91. The molecular weight excluding hydrogens is 318 g/mol. The average molecular weight is 331 g/mol. The van der Waals surface area contributed by atoms with E-state index in [4.69, 9.17) is 0 Å². The zero-order valence-corrected chi connectivity index (χ0v) is 13.6. The molecule has 6 nitrogen and oxygen atoms in total. The van der Waals surface area contributed by atoms with Gasteiger partial charge in [-0.05, 0) is 26.0 Å². The van der Waals surface area contributed by atoms with Crippen molar-refractivity contribution in [1.29, 1.82) is 0 Å². The minimum Gasteiger partial charge on any atom is -0.321 e. The molecular formula is C14H13N5OS2. The van der Waals surface area contributed by atoms with Crippen molar-refractivity contribution in [3.8, 4) is 0 Å². The number of anilines is 3. The molecule has 0 aliphatic carbocycles. The van der Waals surface area contributed by atoms with E-state index in [1.54, 1.807) is 18.5 Å². The highest BCUT2D eigenvalue weighted by Gasteiger charge is 2.18. The zero-order chi connectivity index (χ0) is 15.5. The fourth-order valence-electron chi connectivity index (χ4n) is 1.86. The summed E-state index contributed by atoms with van der Waals surface area (Å²) in [4.78, 5) is 25.0. The summed E-state index contributed by atoms with van der Waals surface area (Å²) in [6, 6.07) is 3.56. The average Bonchev–Trinajstić information content (AvgIpc) is 3.09. The summed E-state index contributed by atoms with van der Waals surface area (Å²) in [6.07, 6.45) is 3.37. The number of nitrogens with one attached hydrogen (secondary N) is 2. The molecule has 3 rings (SSSR count). The molecule has 22 heavy (non-hydrogen) atoms. The Morgan fingerprint density at radius 2 is 2.09 bits per heavy atom. The smallest absolute Gasteiger partial charge is 0.277 e. The number of carbonyl (C=O) groups is 1. The number of thiazole rings is 2. The second-order valence-electron chi connectivity index (χ2n) is 4.51. The summed E-state index contributed by atoms with van der Waals surface area (Å²) < 4.78 is 0. The molecule has 8 heteroatoms. The van der Waals surface area contributed by atoms with Gasteiger partial charge in [0.25, 0.3) is 5.91 Å². The molecule has 0 aromatic carbocycles. The second-order valence-corrected chi connectivity index (χ2v) is 6.61. The number of rotatable bonds is 4. The van der Waals surface area contributed by atoms with Crippen molar-refractivity contribution in [3.05, 3.63) is 46.3 Å². The number of pyridine rings is 1. The normalized spacial score (nSPS) is 10.5. The first kappa shape index (κ1) is 14.6. The number of carbonyl (C=O) groups excluding carboxylic acids is 1. The third-order valence-electron chi connectivity index (χ3n) is 2.76. The van der Waals surface area contributed by atoms with Crippen molar-refractivity contribution in [2.45, 2.75) is 13.8 Å². The minimum atomic E-state index is -0.256. The highest BCUT2D eigenvalue weighted by molar-refractivity contribution is 7.17. The van der Waals surface area contributed by atoms with E-state index >= 15 is 0 Å². The standard InChI is InChI=1S/C14H13N5OS2/c1-8-7-10(3-4-15-8)18-12(20)11-13(22-9(2)17-11)19-14-16-5-6-21-14/h3-7H,1-2H3,(H,16,19)(H,15,18,20). The predicted octanol–water partition coefficient (Wildman–Crippen LogP) is 3.61. The van der Waals surface area contributed by atoms with E-state index in [2.05, 4.69) is 25.6 Å². The van der Waals surface area contributed by atoms with Crippen LogP contribution in [-0.4, -0.2) is 20.9 Å². The third-order valence-corrected chi connectivity index (χ3v) is 4.33. The Hall–Kier alpha value is -2.32. The van der Waals surface area contributed by atoms with Gasteiger partial charge in [0.05, 0.1) is 5.01 Å². The molecule has 3 aromatic rings. The lowest BCUT2D eigenvalue weighted by Gasteiger charge is -2.06. The number of aryl methyl sites for hydroxylation is 2. The lowest BCUT2D eigenvalue weighted by Crippen LogP contribution is -2.14. The largest absolute Gasteiger partial charge is 0.321 e. The van der Waals surface area contributed by atoms with Gasteiger partial charge in [-0.2, -0.15) is 0 Å². The van der Waals surface area contributed by atoms with Crippen LogP contribution in [0.2, 0.25) is 0 Å². The molecule has 0 aliphatic rings. The Bertz CT molecular complexity index is 797. The SMILES string of the molecule is Cc1cc(NC(=O)c2nc(C)sc2Nc2nccs2)ccn1. The van der Waals surface area contributed by atoms with Crippen LogP contribution in [0.3, 0.4) is 0 Å². The molecule has 0 saturated heterocycles. The molecule has 112 valence electrons. The summed E-state index contributed by atoms with van der Waals surface area (Å²) in [5.74, 6) is -0.256. The Kier molecular flexibility index (Phi) is 4.12. The van der Waals surface area contributed by atoms with Crippen molar-refractivity contribution in [1.82, 2.24) is 15.0 Å². The van der Waals surface area contributed by atoms with Crippen LogP contribution in [0.1, 0.15) is 21.2 Å². The van der Waals surface area contributed by atoms with E-state index in [0.29, 0.717) is 16.4 Å². The van der Waals surface area contributed by atoms with E-state index in [1.165, 1.54) is 22.7 Å². The molecule has 0 spiro atoms. The van der Waals surface area contributed by atoms with Gasteiger partial charge in [0.15, 0.2) is 10.8 Å². The second kappa shape index (κ2) is 6.20. The monoisotopic (exact) mass is 331 g/mol.